The second-order valence-corrected chi connectivity index (χ2v) is 10.2. The van der Waals surface area contributed by atoms with Gasteiger partial charge in [0.2, 0.25) is 5.91 Å². The quantitative estimate of drug-likeness (QED) is 0.646. The number of aryl methyl sites for hydroxylation is 2. The van der Waals surface area contributed by atoms with Gasteiger partial charge in [-0.25, -0.2) is 0 Å². The van der Waals surface area contributed by atoms with Crippen LogP contribution in [0.3, 0.4) is 0 Å². The molecule has 0 N–H and O–H groups in total. The van der Waals surface area contributed by atoms with E-state index in [1.165, 1.54) is 5.56 Å². The molecule has 1 unspecified atom stereocenters. The average Bonchev–Trinajstić information content (AvgIpc) is 3.22. The van der Waals surface area contributed by atoms with Crippen molar-refractivity contribution in [1.82, 2.24) is 15.0 Å². The van der Waals surface area contributed by atoms with Gasteiger partial charge in [-0.3, -0.25) is 9.59 Å². The molecule has 34 heavy (non-hydrogen) atoms. The summed E-state index contributed by atoms with van der Waals surface area (Å²) in [5, 5.41) is 4.14. The van der Waals surface area contributed by atoms with Crippen LogP contribution < -0.4 is 4.74 Å². The van der Waals surface area contributed by atoms with E-state index in [2.05, 4.69) is 11.2 Å². The Hall–Kier alpha value is -2.83. The summed E-state index contributed by atoms with van der Waals surface area (Å²) in [6, 6.07) is 8.17. The highest BCUT2D eigenvalue weighted by Gasteiger charge is 2.45. The van der Waals surface area contributed by atoms with Crippen molar-refractivity contribution >= 4 is 11.8 Å². The van der Waals surface area contributed by atoms with Gasteiger partial charge in [0, 0.05) is 20.1 Å². The summed E-state index contributed by atoms with van der Waals surface area (Å²) in [5.41, 5.74) is 1.91. The maximum absolute atomic E-state index is 13.8. The lowest BCUT2D eigenvalue weighted by atomic mass is 9.74. The van der Waals surface area contributed by atoms with E-state index in [1.54, 1.807) is 11.8 Å². The van der Waals surface area contributed by atoms with Crippen molar-refractivity contribution in [2.45, 2.75) is 65.2 Å². The van der Waals surface area contributed by atoms with Crippen LogP contribution in [0.2, 0.25) is 0 Å². The van der Waals surface area contributed by atoms with Crippen LogP contribution in [0.5, 0.6) is 5.75 Å². The van der Waals surface area contributed by atoms with E-state index < -0.39 is 5.41 Å². The fourth-order valence-corrected chi connectivity index (χ4v) is 5.42. The minimum atomic E-state index is -0.565. The number of hydrogen-bond acceptors (Lipinski definition) is 5. The molecule has 1 atom stereocenters. The van der Waals surface area contributed by atoms with Gasteiger partial charge in [-0.15, -0.1) is 0 Å². The lowest BCUT2D eigenvalue weighted by Gasteiger charge is -2.44. The average molecular weight is 468 g/mol. The number of hydrogen-bond donors (Lipinski definition) is 0. The van der Waals surface area contributed by atoms with Crippen LogP contribution in [0, 0.1) is 12.3 Å². The Morgan fingerprint density at radius 3 is 2.68 bits per heavy atom. The number of aromatic nitrogens is 1. The van der Waals surface area contributed by atoms with Crippen LogP contribution in [0.15, 0.2) is 28.8 Å². The SMILES string of the molecule is Cc1onc(C(C)C)c1C(=O)N1CCCC2(CCCCc3ccccc3OCCN(C)C2=O)C1. The van der Waals surface area contributed by atoms with Crippen LogP contribution in [0.25, 0.3) is 0 Å². The maximum Gasteiger partial charge on any atom is 0.259 e. The summed E-state index contributed by atoms with van der Waals surface area (Å²) < 4.78 is 11.4. The molecule has 0 radical (unpaired) electrons. The number of fused-ring (bicyclic) bond motifs is 1. The van der Waals surface area contributed by atoms with Crippen molar-refractivity contribution in [1.29, 1.82) is 0 Å². The largest absolute Gasteiger partial charge is 0.491 e. The number of likely N-dealkylation sites (tertiary alicyclic amines) is 1. The fraction of sp³-hybridized carbons (Fsp3) is 0.593. The molecular formula is C27H37N3O4. The Balaban J connectivity index is 1.57. The first-order valence-electron chi connectivity index (χ1n) is 12.5. The number of nitrogens with zero attached hydrogens (tertiary/aromatic N) is 3. The molecule has 0 bridgehead atoms. The Kier molecular flexibility index (Phi) is 7.29. The lowest BCUT2D eigenvalue weighted by molar-refractivity contribution is -0.144. The Labute approximate surface area is 202 Å². The van der Waals surface area contributed by atoms with Crippen LogP contribution in [-0.2, 0) is 11.2 Å². The van der Waals surface area contributed by atoms with Crippen molar-refractivity contribution in [3.63, 3.8) is 0 Å². The smallest absolute Gasteiger partial charge is 0.259 e. The second-order valence-electron chi connectivity index (χ2n) is 10.2. The first-order valence-corrected chi connectivity index (χ1v) is 12.5. The lowest BCUT2D eigenvalue weighted by Crippen LogP contribution is -2.54. The Morgan fingerprint density at radius 1 is 1.12 bits per heavy atom. The summed E-state index contributed by atoms with van der Waals surface area (Å²) in [4.78, 5) is 31.1. The second kappa shape index (κ2) is 10.2. The zero-order valence-electron chi connectivity index (χ0n) is 20.9. The predicted octanol–water partition coefficient (Wildman–Crippen LogP) is 4.59. The molecule has 2 aliphatic rings. The molecule has 4 rings (SSSR count). The molecule has 7 nitrogen and oxygen atoms in total. The number of likely N-dealkylation sites (N-methyl/N-ethyl adjacent to an activating group) is 1. The van der Waals surface area contributed by atoms with E-state index in [0.717, 1.165) is 44.3 Å². The summed E-state index contributed by atoms with van der Waals surface area (Å²) in [7, 11) is 1.85. The van der Waals surface area contributed by atoms with Gasteiger partial charge in [-0.05, 0) is 56.6 Å². The normalized spacial score (nSPS) is 22.2. The predicted molar refractivity (Wildman–Crippen MR) is 130 cm³/mol. The third kappa shape index (κ3) is 4.84. The van der Waals surface area contributed by atoms with Crippen molar-refractivity contribution in [2.24, 2.45) is 5.41 Å². The van der Waals surface area contributed by atoms with Crippen molar-refractivity contribution in [3.05, 3.63) is 46.8 Å². The molecule has 1 aromatic carbocycles. The monoisotopic (exact) mass is 467 g/mol. The molecule has 0 saturated carbocycles. The van der Waals surface area contributed by atoms with Crippen LogP contribution >= 0.6 is 0 Å². The molecule has 1 fully saturated rings. The zero-order valence-corrected chi connectivity index (χ0v) is 20.9. The number of benzene rings is 1. The van der Waals surface area contributed by atoms with E-state index >= 15 is 0 Å². The molecule has 2 aliphatic heterocycles. The maximum atomic E-state index is 13.8. The fourth-order valence-electron chi connectivity index (χ4n) is 5.42. The summed E-state index contributed by atoms with van der Waals surface area (Å²) in [6.45, 7) is 7.87. The minimum absolute atomic E-state index is 0.0691. The summed E-state index contributed by atoms with van der Waals surface area (Å²) in [5.74, 6) is 1.60. The highest BCUT2D eigenvalue weighted by atomic mass is 16.5. The number of para-hydroxylation sites is 1. The molecular weight excluding hydrogens is 430 g/mol. The van der Waals surface area contributed by atoms with Crippen LogP contribution in [-0.4, -0.2) is 60.1 Å². The Bertz CT molecular complexity index is 1030. The molecule has 0 aliphatic carbocycles. The first kappa shape index (κ1) is 24.3. The highest BCUT2D eigenvalue weighted by Crippen LogP contribution is 2.39. The van der Waals surface area contributed by atoms with Gasteiger partial charge >= 0.3 is 0 Å². The number of carbonyl (C=O) groups excluding carboxylic acids is 2. The zero-order chi connectivity index (χ0) is 24.3. The summed E-state index contributed by atoms with van der Waals surface area (Å²) >= 11 is 0. The van der Waals surface area contributed by atoms with Crippen molar-refractivity contribution in [3.8, 4) is 5.75 Å². The topological polar surface area (TPSA) is 75.9 Å². The van der Waals surface area contributed by atoms with Gasteiger partial charge in [0.05, 0.1) is 17.7 Å². The molecule has 1 spiro atoms. The first-order chi connectivity index (χ1) is 16.3. The van der Waals surface area contributed by atoms with E-state index in [-0.39, 0.29) is 17.7 Å². The van der Waals surface area contributed by atoms with Gasteiger partial charge in [0.25, 0.3) is 5.91 Å². The molecule has 2 amide bonds. The van der Waals surface area contributed by atoms with Gasteiger partial charge in [-0.2, -0.15) is 0 Å². The van der Waals surface area contributed by atoms with Gasteiger partial charge in [-0.1, -0.05) is 43.6 Å². The number of rotatable bonds is 2. The minimum Gasteiger partial charge on any atom is -0.491 e. The highest BCUT2D eigenvalue weighted by molar-refractivity contribution is 5.97. The summed E-state index contributed by atoms with van der Waals surface area (Å²) in [6.07, 6.45) is 5.23. The van der Waals surface area contributed by atoms with Crippen molar-refractivity contribution in [2.75, 3.05) is 33.3 Å². The number of ether oxygens (including phenoxy) is 1. The molecule has 1 aromatic heterocycles. The van der Waals surface area contributed by atoms with E-state index in [9.17, 15) is 9.59 Å². The van der Waals surface area contributed by atoms with E-state index in [1.807, 2.05) is 44.0 Å². The number of amides is 2. The molecule has 2 aromatic rings. The molecule has 3 heterocycles. The van der Waals surface area contributed by atoms with Gasteiger partial charge in [0.1, 0.15) is 23.7 Å². The van der Waals surface area contributed by atoms with E-state index in [4.69, 9.17) is 9.26 Å². The van der Waals surface area contributed by atoms with Crippen LogP contribution in [0.1, 0.15) is 79.2 Å². The third-order valence-electron chi connectivity index (χ3n) is 7.32. The molecule has 1 saturated heterocycles. The molecule has 184 valence electrons. The Morgan fingerprint density at radius 2 is 1.88 bits per heavy atom. The third-order valence-corrected chi connectivity index (χ3v) is 7.32. The van der Waals surface area contributed by atoms with Gasteiger partial charge < -0.3 is 19.1 Å². The molecule has 7 heteroatoms. The standard InChI is InChI=1S/C27H37N3O4/c1-19(2)24-23(20(3)34-28-24)25(31)30-15-9-14-27(18-30)13-8-7-11-21-10-5-6-12-22(21)33-17-16-29(4)26(27)32/h5-6,10,12,19H,7-9,11,13-18H2,1-4H3. The number of piperidine rings is 1. The van der Waals surface area contributed by atoms with E-state index in [0.29, 0.717) is 43.3 Å². The van der Waals surface area contributed by atoms with Crippen LogP contribution in [0.4, 0.5) is 0 Å². The van der Waals surface area contributed by atoms with Crippen molar-refractivity contribution < 1.29 is 18.8 Å². The number of carbonyl (C=O) groups is 2. The van der Waals surface area contributed by atoms with Gasteiger partial charge in [0.15, 0.2) is 0 Å².